The lowest BCUT2D eigenvalue weighted by atomic mass is 10.1. The highest BCUT2D eigenvalue weighted by molar-refractivity contribution is 6.06. The van der Waals surface area contributed by atoms with Crippen LogP contribution in [0.5, 0.6) is 0 Å². The Morgan fingerprint density at radius 3 is 2.70 bits per heavy atom. The molecule has 0 aliphatic carbocycles. The van der Waals surface area contributed by atoms with Crippen LogP contribution in [0.3, 0.4) is 0 Å². The molecule has 1 heterocycles. The van der Waals surface area contributed by atoms with E-state index in [1.807, 2.05) is 25.1 Å². The van der Waals surface area contributed by atoms with Crippen LogP contribution in [0.4, 0.5) is 5.69 Å². The van der Waals surface area contributed by atoms with Gasteiger partial charge >= 0.3 is 0 Å². The van der Waals surface area contributed by atoms with Gasteiger partial charge in [-0.25, -0.2) is 0 Å². The van der Waals surface area contributed by atoms with E-state index in [0.717, 1.165) is 23.2 Å². The lowest BCUT2D eigenvalue weighted by molar-refractivity contribution is -0.126. The van der Waals surface area contributed by atoms with Gasteiger partial charge in [0.1, 0.15) is 6.04 Å². The summed E-state index contributed by atoms with van der Waals surface area (Å²) in [6.45, 7) is 8.42. The number of aryl methyl sites for hydroxylation is 1. The normalized spacial score (nSPS) is 17.6. The monoisotopic (exact) mass is 274 g/mol. The van der Waals surface area contributed by atoms with Gasteiger partial charge in [0.2, 0.25) is 5.91 Å². The molecule has 4 nitrogen and oxygen atoms in total. The number of carbonyl (C=O) groups excluding carboxylic acids is 2. The quantitative estimate of drug-likeness (QED) is 0.917. The Kier molecular flexibility index (Phi) is 4.12. The van der Waals surface area contributed by atoms with Crippen molar-refractivity contribution in [2.24, 2.45) is 5.92 Å². The highest BCUT2D eigenvalue weighted by atomic mass is 16.2. The van der Waals surface area contributed by atoms with Crippen LogP contribution in [0, 0.1) is 12.8 Å². The number of amides is 2. The predicted molar refractivity (Wildman–Crippen MR) is 79.5 cm³/mol. The third kappa shape index (κ3) is 2.84. The largest absolute Gasteiger partial charge is 0.341 e. The highest BCUT2D eigenvalue weighted by Gasteiger charge is 2.37. The Morgan fingerprint density at radius 1 is 1.40 bits per heavy atom. The molecular weight excluding hydrogens is 252 g/mol. The van der Waals surface area contributed by atoms with Crippen LogP contribution in [-0.4, -0.2) is 18.4 Å². The van der Waals surface area contributed by atoms with Gasteiger partial charge in [0, 0.05) is 24.7 Å². The van der Waals surface area contributed by atoms with Crippen molar-refractivity contribution in [1.29, 1.82) is 0 Å². The standard InChI is InChI=1S/C16H22N2O2/c1-10(2)7-8-18-14-6-5-11(3)9-13(14)15(16(18)20)17-12(4)19/h5-6,9-10,15H,7-8H2,1-4H3,(H,17,19)/t15-/m1/s1. The van der Waals surface area contributed by atoms with E-state index in [1.165, 1.54) is 6.92 Å². The molecule has 2 amide bonds. The number of nitrogens with one attached hydrogen (secondary N) is 1. The number of carbonyl (C=O) groups is 2. The SMILES string of the molecule is CC(=O)N[C@H]1C(=O)N(CCC(C)C)c2ccc(C)cc21. The number of rotatable bonds is 4. The molecule has 0 aromatic heterocycles. The van der Waals surface area contributed by atoms with Gasteiger partial charge in [-0.2, -0.15) is 0 Å². The molecular formula is C16H22N2O2. The molecule has 2 rings (SSSR count). The van der Waals surface area contributed by atoms with Crippen molar-refractivity contribution in [3.63, 3.8) is 0 Å². The second-order valence-corrected chi connectivity index (χ2v) is 5.87. The molecule has 0 unspecified atom stereocenters. The van der Waals surface area contributed by atoms with Gasteiger partial charge < -0.3 is 10.2 Å². The molecule has 0 bridgehead atoms. The van der Waals surface area contributed by atoms with Crippen molar-refractivity contribution >= 4 is 17.5 Å². The van der Waals surface area contributed by atoms with Crippen molar-refractivity contribution in [3.05, 3.63) is 29.3 Å². The fraction of sp³-hybridized carbons (Fsp3) is 0.500. The molecule has 0 radical (unpaired) electrons. The fourth-order valence-electron chi connectivity index (χ4n) is 2.52. The highest BCUT2D eigenvalue weighted by Crippen LogP contribution is 2.36. The van der Waals surface area contributed by atoms with E-state index < -0.39 is 6.04 Å². The molecule has 1 N–H and O–H groups in total. The van der Waals surface area contributed by atoms with Crippen LogP contribution in [0.15, 0.2) is 18.2 Å². The van der Waals surface area contributed by atoms with Crippen molar-refractivity contribution in [1.82, 2.24) is 5.32 Å². The molecule has 1 atom stereocenters. The van der Waals surface area contributed by atoms with Gasteiger partial charge in [0.05, 0.1) is 0 Å². The first-order valence-electron chi connectivity index (χ1n) is 7.09. The van der Waals surface area contributed by atoms with E-state index >= 15 is 0 Å². The zero-order chi connectivity index (χ0) is 14.9. The number of hydrogen-bond acceptors (Lipinski definition) is 2. The van der Waals surface area contributed by atoms with E-state index in [-0.39, 0.29) is 11.8 Å². The summed E-state index contributed by atoms with van der Waals surface area (Å²) in [6.07, 6.45) is 0.950. The fourth-order valence-corrected chi connectivity index (χ4v) is 2.52. The van der Waals surface area contributed by atoms with Crippen LogP contribution in [0.25, 0.3) is 0 Å². The topological polar surface area (TPSA) is 49.4 Å². The first-order chi connectivity index (χ1) is 9.40. The third-order valence-electron chi connectivity index (χ3n) is 3.58. The molecule has 0 spiro atoms. The number of hydrogen-bond donors (Lipinski definition) is 1. The van der Waals surface area contributed by atoms with Crippen LogP contribution >= 0.6 is 0 Å². The van der Waals surface area contributed by atoms with Crippen molar-refractivity contribution in [3.8, 4) is 0 Å². The van der Waals surface area contributed by atoms with Crippen molar-refractivity contribution in [2.45, 2.75) is 40.2 Å². The minimum Gasteiger partial charge on any atom is -0.341 e. The van der Waals surface area contributed by atoms with Gasteiger partial charge in [-0.05, 0) is 25.3 Å². The molecule has 1 aliphatic heterocycles. The van der Waals surface area contributed by atoms with Gasteiger partial charge in [-0.15, -0.1) is 0 Å². The first kappa shape index (κ1) is 14.6. The van der Waals surface area contributed by atoms with Gasteiger partial charge in [0.15, 0.2) is 0 Å². The minimum atomic E-state index is -0.533. The summed E-state index contributed by atoms with van der Waals surface area (Å²) in [5.74, 6) is 0.333. The molecule has 1 aliphatic rings. The molecule has 0 fully saturated rings. The van der Waals surface area contributed by atoms with Gasteiger partial charge in [0.25, 0.3) is 5.91 Å². The van der Waals surface area contributed by atoms with Crippen LogP contribution in [0.1, 0.15) is 44.4 Å². The summed E-state index contributed by atoms with van der Waals surface area (Å²) in [6, 6.07) is 5.44. The average Bonchev–Trinajstić information content (AvgIpc) is 2.60. The molecule has 0 saturated heterocycles. The van der Waals surface area contributed by atoms with Crippen LogP contribution in [-0.2, 0) is 9.59 Å². The van der Waals surface area contributed by atoms with Crippen LogP contribution in [0.2, 0.25) is 0 Å². The van der Waals surface area contributed by atoms with E-state index in [4.69, 9.17) is 0 Å². The molecule has 4 heteroatoms. The Morgan fingerprint density at radius 2 is 2.10 bits per heavy atom. The zero-order valence-corrected chi connectivity index (χ0v) is 12.6. The molecule has 1 aromatic carbocycles. The number of fused-ring (bicyclic) bond motifs is 1. The molecule has 20 heavy (non-hydrogen) atoms. The second kappa shape index (κ2) is 5.65. The Balaban J connectivity index is 2.33. The average molecular weight is 274 g/mol. The summed E-state index contributed by atoms with van der Waals surface area (Å²) in [7, 11) is 0. The Labute approximate surface area is 120 Å². The molecule has 1 aromatic rings. The summed E-state index contributed by atoms with van der Waals surface area (Å²) in [5.41, 5.74) is 2.94. The lowest BCUT2D eigenvalue weighted by Gasteiger charge is -2.19. The van der Waals surface area contributed by atoms with E-state index in [2.05, 4.69) is 19.2 Å². The maximum absolute atomic E-state index is 12.5. The summed E-state index contributed by atoms with van der Waals surface area (Å²) >= 11 is 0. The minimum absolute atomic E-state index is 0.0264. The van der Waals surface area contributed by atoms with Gasteiger partial charge in [-0.3, -0.25) is 9.59 Å². The molecule has 108 valence electrons. The van der Waals surface area contributed by atoms with E-state index in [1.54, 1.807) is 4.90 Å². The maximum atomic E-state index is 12.5. The Hall–Kier alpha value is -1.84. The molecule has 0 saturated carbocycles. The van der Waals surface area contributed by atoms with E-state index in [0.29, 0.717) is 12.5 Å². The first-order valence-corrected chi connectivity index (χ1v) is 7.09. The van der Waals surface area contributed by atoms with Crippen molar-refractivity contribution in [2.75, 3.05) is 11.4 Å². The van der Waals surface area contributed by atoms with Gasteiger partial charge in [-0.1, -0.05) is 31.5 Å². The third-order valence-corrected chi connectivity index (χ3v) is 3.58. The summed E-state index contributed by atoms with van der Waals surface area (Å²) in [5, 5.41) is 2.76. The van der Waals surface area contributed by atoms with Crippen LogP contribution < -0.4 is 10.2 Å². The number of anilines is 1. The lowest BCUT2D eigenvalue weighted by Crippen LogP contribution is -2.37. The summed E-state index contributed by atoms with van der Waals surface area (Å²) < 4.78 is 0. The maximum Gasteiger partial charge on any atom is 0.254 e. The second-order valence-electron chi connectivity index (χ2n) is 5.87. The number of nitrogens with zero attached hydrogens (tertiary/aromatic N) is 1. The predicted octanol–water partition coefficient (Wildman–Crippen LogP) is 2.56. The Bertz CT molecular complexity index is 537. The van der Waals surface area contributed by atoms with Crippen molar-refractivity contribution < 1.29 is 9.59 Å². The summed E-state index contributed by atoms with van der Waals surface area (Å²) in [4.78, 5) is 25.7. The number of benzene rings is 1. The zero-order valence-electron chi connectivity index (χ0n) is 12.6. The van der Waals surface area contributed by atoms with E-state index in [9.17, 15) is 9.59 Å². The smallest absolute Gasteiger partial charge is 0.254 e.